The summed E-state index contributed by atoms with van der Waals surface area (Å²) in [5.74, 6) is -2.71. The summed E-state index contributed by atoms with van der Waals surface area (Å²) in [5.41, 5.74) is 2.98. The highest BCUT2D eigenvalue weighted by Gasteiger charge is 2.44. The maximum absolute atomic E-state index is 9.63. The average molecular weight is 194 g/mol. The minimum absolute atomic E-state index is 0.0383. The molecule has 0 aliphatic rings. The van der Waals surface area contributed by atoms with Gasteiger partial charge >= 0.3 is 0 Å². The molecular formula is C7H18N2O4. The minimum atomic E-state index is -2.71. The topological polar surface area (TPSA) is 119 Å². The van der Waals surface area contributed by atoms with Crippen LogP contribution in [-0.4, -0.2) is 45.2 Å². The van der Waals surface area contributed by atoms with Gasteiger partial charge in [-0.2, -0.15) is 0 Å². The van der Waals surface area contributed by atoms with Crippen molar-refractivity contribution in [3.63, 3.8) is 0 Å². The molecule has 0 fully saturated rings. The van der Waals surface area contributed by atoms with E-state index in [1.165, 1.54) is 0 Å². The third-order valence-corrected chi connectivity index (χ3v) is 1.75. The first kappa shape index (κ1) is 12.8. The zero-order valence-corrected chi connectivity index (χ0v) is 7.69. The van der Waals surface area contributed by atoms with Gasteiger partial charge in [0.15, 0.2) is 5.72 Å². The average Bonchev–Trinajstić information content (AvgIpc) is 1.99. The molecule has 0 aromatic rings. The molecule has 0 bridgehead atoms. The fourth-order valence-corrected chi connectivity index (χ4v) is 1.03. The van der Waals surface area contributed by atoms with Crippen LogP contribution < -0.4 is 11.1 Å². The van der Waals surface area contributed by atoms with Crippen molar-refractivity contribution >= 4 is 0 Å². The van der Waals surface area contributed by atoms with Gasteiger partial charge in [-0.05, 0) is 6.42 Å². The van der Waals surface area contributed by atoms with Gasteiger partial charge in [-0.15, -0.1) is 0 Å². The van der Waals surface area contributed by atoms with E-state index in [1.54, 1.807) is 6.92 Å². The lowest BCUT2D eigenvalue weighted by Crippen LogP contribution is -2.68. The summed E-state index contributed by atoms with van der Waals surface area (Å²) < 4.78 is 0. The first-order chi connectivity index (χ1) is 5.87. The normalized spacial score (nSPS) is 17.1. The van der Waals surface area contributed by atoms with Crippen molar-refractivity contribution in [3.8, 4) is 0 Å². The number of aliphatic hydroxyl groups is 4. The quantitative estimate of drug-likeness (QED) is 0.264. The fourth-order valence-electron chi connectivity index (χ4n) is 1.03. The van der Waals surface area contributed by atoms with Gasteiger partial charge in [0.05, 0.1) is 6.61 Å². The summed E-state index contributed by atoms with van der Waals surface area (Å²) >= 11 is 0. The SMILES string of the molecule is CCCC(O)(NCCO)C(N)(O)O. The van der Waals surface area contributed by atoms with Crippen LogP contribution in [0.2, 0.25) is 0 Å². The van der Waals surface area contributed by atoms with Crippen LogP contribution >= 0.6 is 0 Å². The second kappa shape index (κ2) is 4.85. The molecule has 6 heteroatoms. The predicted molar refractivity (Wildman–Crippen MR) is 46.3 cm³/mol. The second-order valence-corrected chi connectivity index (χ2v) is 2.99. The molecule has 13 heavy (non-hydrogen) atoms. The summed E-state index contributed by atoms with van der Waals surface area (Å²) in [6.07, 6.45) is 0.603. The number of hydrogen-bond donors (Lipinski definition) is 6. The molecule has 0 heterocycles. The molecule has 0 amide bonds. The molecule has 6 nitrogen and oxygen atoms in total. The Kier molecular flexibility index (Phi) is 4.76. The largest absolute Gasteiger partial charge is 0.395 e. The van der Waals surface area contributed by atoms with E-state index in [0.717, 1.165) is 0 Å². The van der Waals surface area contributed by atoms with Gasteiger partial charge in [0.1, 0.15) is 0 Å². The first-order valence-electron chi connectivity index (χ1n) is 4.19. The van der Waals surface area contributed by atoms with Gasteiger partial charge in [0, 0.05) is 6.54 Å². The monoisotopic (exact) mass is 194 g/mol. The van der Waals surface area contributed by atoms with Crippen molar-refractivity contribution in [1.82, 2.24) is 5.32 Å². The number of nitrogens with two attached hydrogens (primary N) is 1. The maximum Gasteiger partial charge on any atom is 0.264 e. The van der Waals surface area contributed by atoms with E-state index in [4.69, 9.17) is 21.1 Å². The molecule has 0 aliphatic carbocycles. The van der Waals surface area contributed by atoms with Crippen molar-refractivity contribution in [2.24, 2.45) is 5.73 Å². The lowest BCUT2D eigenvalue weighted by Gasteiger charge is -2.37. The first-order valence-corrected chi connectivity index (χ1v) is 4.19. The Morgan fingerprint density at radius 1 is 1.31 bits per heavy atom. The van der Waals surface area contributed by atoms with Crippen molar-refractivity contribution in [2.75, 3.05) is 13.2 Å². The summed E-state index contributed by atoms with van der Waals surface area (Å²) in [7, 11) is 0. The van der Waals surface area contributed by atoms with Gasteiger partial charge in [0.25, 0.3) is 5.91 Å². The van der Waals surface area contributed by atoms with Crippen LogP contribution in [0.5, 0.6) is 0 Å². The third-order valence-electron chi connectivity index (χ3n) is 1.75. The zero-order chi connectivity index (χ0) is 10.5. The predicted octanol–water partition coefficient (Wildman–Crippen LogP) is -2.35. The molecule has 1 atom stereocenters. The Balaban J connectivity index is 4.34. The van der Waals surface area contributed by atoms with E-state index in [0.29, 0.717) is 6.42 Å². The van der Waals surface area contributed by atoms with E-state index in [1.807, 2.05) is 0 Å². The van der Waals surface area contributed by atoms with E-state index in [2.05, 4.69) is 5.32 Å². The summed E-state index contributed by atoms with van der Waals surface area (Å²) in [4.78, 5) is 0. The smallest absolute Gasteiger partial charge is 0.264 e. The third kappa shape index (κ3) is 3.55. The zero-order valence-electron chi connectivity index (χ0n) is 7.69. The number of nitrogens with one attached hydrogen (secondary N) is 1. The summed E-state index contributed by atoms with van der Waals surface area (Å²) in [6, 6.07) is 0. The molecule has 0 aliphatic heterocycles. The number of hydrogen-bond acceptors (Lipinski definition) is 6. The lowest BCUT2D eigenvalue weighted by molar-refractivity contribution is -0.285. The van der Waals surface area contributed by atoms with E-state index >= 15 is 0 Å². The molecule has 0 radical (unpaired) electrons. The van der Waals surface area contributed by atoms with Crippen molar-refractivity contribution in [2.45, 2.75) is 31.4 Å². The van der Waals surface area contributed by atoms with Crippen molar-refractivity contribution in [1.29, 1.82) is 0 Å². The summed E-state index contributed by atoms with van der Waals surface area (Å²) in [6.45, 7) is 1.58. The van der Waals surface area contributed by atoms with Gasteiger partial charge in [0.2, 0.25) is 0 Å². The van der Waals surface area contributed by atoms with Crippen LogP contribution in [0.1, 0.15) is 19.8 Å². The van der Waals surface area contributed by atoms with Gasteiger partial charge in [-0.1, -0.05) is 13.3 Å². The van der Waals surface area contributed by atoms with E-state index < -0.39 is 11.6 Å². The van der Waals surface area contributed by atoms with Crippen LogP contribution in [0.4, 0.5) is 0 Å². The van der Waals surface area contributed by atoms with Crippen LogP contribution in [-0.2, 0) is 0 Å². The Hall–Kier alpha value is -0.240. The van der Waals surface area contributed by atoms with Crippen molar-refractivity contribution in [3.05, 3.63) is 0 Å². The molecule has 0 rings (SSSR count). The van der Waals surface area contributed by atoms with Crippen molar-refractivity contribution < 1.29 is 20.4 Å². The molecule has 0 aromatic heterocycles. The highest BCUT2D eigenvalue weighted by molar-refractivity contribution is 4.85. The number of rotatable bonds is 6. The molecule has 7 N–H and O–H groups in total. The van der Waals surface area contributed by atoms with Crippen LogP contribution in [0.25, 0.3) is 0 Å². The lowest BCUT2D eigenvalue weighted by atomic mass is 10.0. The standard InChI is InChI=1S/C7H18N2O4/c1-2-3-6(11,7(8,12)13)9-4-5-10/h9-13H,2-5,8H2,1H3. The van der Waals surface area contributed by atoms with Crippen LogP contribution in [0, 0.1) is 0 Å². The Morgan fingerprint density at radius 2 is 1.85 bits per heavy atom. The molecule has 1 unspecified atom stereocenters. The Labute approximate surface area is 77.0 Å². The van der Waals surface area contributed by atoms with Gasteiger partial charge in [-0.3, -0.25) is 11.1 Å². The van der Waals surface area contributed by atoms with Gasteiger partial charge in [-0.25, -0.2) is 0 Å². The van der Waals surface area contributed by atoms with Gasteiger partial charge < -0.3 is 20.4 Å². The molecule has 0 aromatic carbocycles. The molecule has 80 valence electrons. The highest BCUT2D eigenvalue weighted by Crippen LogP contribution is 2.17. The Bertz CT molecular complexity index is 148. The molecule has 0 saturated carbocycles. The molecule has 0 spiro atoms. The van der Waals surface area contributed by atoms with Crippen LogP contribution in [0.3, 0.4) is 0 Å². The Morgan fingerprint density at radius 3 is 2.15 bits per heavy atom. The second-order valence-electron chi connectivity index (χ2n) is 2.99. The fraction of sp³-hybridized carbons (Fsp3) is 1.00. The highest BCUT2D eigenvalue weighted by atomic mass is 16.5. The minimum Gasteiger partial charge on any atom is -0.395 e. The summed E-state index contributed by atoms with van der Waals surface area (Å²) in [5, 5.41) is 38.6. The maximum atomic E-state index is 9.63. The number of aliphatic hydroxyl groups excluding tert-OH is 1. The molecular weight excluding hydrogens is 176 g/mol. The van der Waals surface area contributed by atoms with Crippen LogP contribution in [0.15, 0.2) is 0 Å². The van der Waals surface area contributed by atoms with E-state index in [9.17, 15) is 5.11 Å². The molecule has 0 saturated heterocycles. The van der Waals surface area contributed by atoms with E-state index in [-0.39, 0.29) is 19.6 Å².